The minimum absolute atomic E-state index is 0.0356. The average molecular weight is 451 g/mol. The van der Waals surface area contributed by atoms with Crippen LogP contribution in [-0.4, -0.2) is 33.4 Å². The molecule has 3 aromatic rings. The van der Waals surface area contributed by atoms with Gasteiger partial charge in [-0.3, -0.25) is 9.59 Å². The third-order valence-corrected chi connectivity index (χ3v) is 5.49. The first kappa shape index (κ1) is 22.1. The Hall–Kier alpha value is -4.07. The fourth-order valence-corrected chi connectivity index (χ4v) is 3.83. The number of ketones is 1. The molecule has 1 amide bonds. The Bertz CT molecular complexity index is 1250. The normalized spacial score (nSPS) is 17.5. The lowest BCUT2D eigenvalue weighted by molar-refractivity contribution is -0.140. The predicted octanol–water partition coefficient (Wildman–Crippen LogP) is 4.45. The predicted molar refractivity (Wildman–Crippen MR) is 117 cm³/mol. The number of phenols is 1. The number of aliphatic hydroxyl groups excluding tert-OH is 1. The van der Waals surface area contributed by atoms with Gasteiger partial charge in [0.15, 0.2) is 11.5 Å². The smallest absolute Gasteiger partial charge is 0.296 e. The number of hydrogen-bond donors (Lipinski definition) is 2. The van der Waals surface area contributed by atoms with Gasteiger partial charge in [0, 0.05) is 5.56 Å². The standard InChI is InChI=1S/C25H22FNO6/c1-3-32-20-12-15(8-9-19(20)28)22-21(23(29)16-7-6-14(2)18(26)11-16)24(30)25(31)27(22)13-17-5-4-10-33-17/h4-12,22,28-29H,3,13H2,1-2H3. The zero-order valence-corrected chi connectivity index (χ0v) is 18.0. The van der Waals surface area contributed by atoms with Crippen molar-refractivity contribution < 1.29 is 33.3 Å². The molecule has 0 radical (unpaired) electrons. The van der Waals surface area contributed by atoms with Crippen LogP contribution in [0.1, 0.15) is 35.4 Å². The van der Waals surface area contributed by atoms with Gasteiger partial charge in [-0.05, 0) is 55.3 Å². The fraction of sp³-hybridized carbons (Fsp3) is 0.200. The molecule has 8 heteroatoms. The van der Waals surface area contributed by atoms with Gasteiger partial charge in [-0.25, -0.2) is 4.39 Å². The number of hydrogen-bond acceptors (Lipinski definition) is 6. The van der Waals surface area contributed by atoms with E-state index in [-0.39, 0.29) is 35.8 Å². The van der Waals surface area contributed by atoms with Crippen molar-refractivity contribution in [1.29, 1.82) is 0 Å². The SMILES string of the molecule is CCOc1cc(C2C(=C(O)c3ccc(C)c(F)c3)C(=O)C(=O)N2Cc2ccco2)ccc1O. The summed E-state index contributed by atoms with van der Waals surface area (Å²) >= 11 is 0. The van der Waals surface area contributed by atoms with Crippen LogP contribution in [0.3, 0.4) is 0 Å². The quantitative estimate of drug-likeness (QED) is 0.326. The Morgan fingerprint density at radius 1 is 1.18 bits per heavy atom. The summed E-state index contributed by atoms with van der Waals surface area (Å²) < 4.78 is 25.0. The molecule has 0 bridgehead atoms. The molecule has 0 spiro atoms. The number of phenolic OH excluding ortho intramolecular Hbond substituents is 1. The summed E-state index contributed by atoms with van der Waals surface area (Å²) in [5.41, 5.74) is 0.684. The molecule has 1 aliphatic heterocycles. The molecule has 1 unspecified atom stereocenters. The lowest BCUT2D eigenvalue weighted by Crippen LogP contribution is -2.29. The third-order valence-electron chi connectivity index (χ3n) is 5.49. The highest BCUT2D eigenvalue weighted by Crippen LogP contribution is 2.42. The highest BCUT2D eigenvalue weighted by molar-refractivity contribution is 6.46. The van der Waals surface area contributed by atoms with Crippen LogP contribution in [0.25, 0.3) is 5.76 Å². The van der Waals surface area contributed by atoms with Crippen LogP contribution >= 0.6 is 0 Å². The molecule has 0 saturated carbocycles. The van der Waals surface area contributed by atoms with E-state index >= 15 is 0 Å². The summed E-state index contributed by atoms with van der Waals surface area (Å²) in [5, 5.41) is 21.1. The molecule has 1 aliphatic rings. The van der Waals surface area contributed by atoms with Gasteiger partial charge in [0.1, 0.15) is 17.3 Å². The van der Waals surface area contributed by atoms with Gasteiger partial charge in [-0.1, -0.05) is 18.2 Å². The number of furan rings is 1. The highest BCUT2D eigenvalue weighted by Gasteiger charge is 2.46. The van der Waals surface area contributed by atoms with Gasteiger partial charge in [0.05, 0.1) is 31.0 Å². The number of carbonyl (C=O) groups excluding carboxylic acids is 2. The highest BCUT2D eigenvalue weighted by atomic mass is 19.1. The average Bonchev–Trinajstić information content (AvgIpc) is 3.39. The van der Waals surface area contributed by atoms with Crippen LogP contribution < -0.4 is 4.74 Å². The maximum atomic E-state index is 14.2. The van der Waals surface area contributed by atoms with Crippen LogP contribution in [0.2, 0.25) is 0 Å². The zero-order valence-electron chi connectivity index (χ0n) is 18.0. The summed E-state index contributed by atoms with van der Waals surface area (Å²) in [7, 11) is 0. The van der Waals surface area contributed by atoms with Gasteiger partial charge in [0.2, 0.25) is 0 Å². The van der Waals surface area contributed by atoms with Crippen LogP contribution in [0, 0.1) is 12.7 Å². The molecule has 1 atom stereocenters. The molecule has 4 rings (SSSR count). The van der Waals surface area contributed by atoms with Crippen molar-refractivity contribution in [3.8, 4) is 11.5 Å². The molecule has 0 aliphatic carbocycles. The Labute approximate surface area is 189 Å². The van der Waals surface area contributed by atoms with E-state index in [9.17, 15) is 24.2 Å². The van der Waals surface area contributed by atoms with Crippen molar-refractivity contribution in [1.82, 2.24) is 4.90 Å². The van der Waals surface area contributed by atoms with E-state index in [1.165, 1.54) is 41.5 Å². The molecule has 7 nitrogen and oxygen atoms in total. The fourth-order valence-electron chi connectivity index (χ4n) is 3.83. The molecule has 170 valence electrons. The number of halogens is 1. The zero-order chi connectivity index (χ0) is 23.7. The molecule has 33 heavy (non-hydrogen) atoms. The minimum Gasteiger partial charge on any atom is -0.507 e. The number of benzene rings is 2. The Morgan fingerprint density at radius 3 is 2.64 bits per heavy atom. The number of carbonyl (C=O) groups is 2. The second kappa shape index (κ2) is 8.82. The maximum absolute atomic E-state index is 14.2. The third kappa shape index (κ3) is 4.07. The Kier molecular flexibility index (Phi) is 5.91. The number of amides is 1. The molecule has 1 saturated heterocycles. The molecule has 2 aromatic carbocycles. The number of nitrogens with zero attached hydrogens (tertiary/aromatic N) is 1. The van der Waals surface area contributed by atoms with Crippen molar-refractivity contribution in [2.75, 3.05) is 6.61 Å². The topological polar surface area (TPSA) is 100 Å². The van der Waals surface area contributed by atoms with Crippen molar-refractivity contribution >= 4 is 17.4 Å². The number of Topliss-reactive ketones (excluding diaryl/α,β-unsaturated/α-hetero) is 1. The maximum Gasteiger partial charge on any atom is 0.296 e. The monoisotopic (exact) mass is 451 g/mol. The minimum atomic E-state index is -1.01. The number of aliphatic hydroxyl groups is 1. The summed E-state index contributed by atoms with van der Waals surface area (Å²) in [6.45, 7) is 3.58. The second-order valence-electron chi connectivity index (χ2n) is 7.63. The van der Waals surface area contributed by atoms with E-state index in [0.717, 1.165) is 6.07 Å². The van der Waals surface area contributed by atoms with E-state index in [1.54, 1.807) is 26.0 Å². The molecule has 1 fully saturated rings. The van der Waals surface area contributed by atoms with Gasteiger partial charge < -0.3 is 24.3 Å². The van der Waals surface area contributed by atoms with Crippen molar-refractivity contribution in [3.05, 3.63) is 88.6 Å². The molecular formula is C25H22FNO6. The first-order valence-corrected chi connectivity index (χ1v) is 10.3. The summed E-state index contributed by atoms with van der Waals surface area (Å²) in [5.74, 6) is -2.29. The van der Waals surface area contributed by atoms with Crippen molar-refractivity contribution in [2.24, 2.45) is 0 Å². The van der Waals surface area contributed by atoms with Crippen molar-refractivity contribution in [2.45, 2.75) is 26.4 Å². The number of likely N-dealkylation sites (tertiary alicyclic amines) is 1. The molecule has 2 N–H and O–H groups in total. The van der Waals surface area contributed by atoms with E-state index in [0.29, 0.717) is 16.9 Å². The largest absolute Gasteiger partial charge is 0.507 e. The van der Waals surface area contributed by atoms with Crippen LogP contribution in [-0.2, 0) is 16.1 Å². The van der Waals surface area contributed by atoms with E-state index in [4.69, 9.17) is 9.15 Å². The molecule has 2 heterocycles. The van der Waals surface area contributed by atoms with Gasteiger partial charge in [-0.15, -0.1) is 0 Å². The Balaban J connectivity index is 1.90. The summed E-state index contributed by atoms with van der Waals surface area (Å²) in [6.07, 6.45) is 1.45. The van der Waals surface area contributed by atoms with E-state index in [1.807, 2.05) is 0 Å². The first-order valence-electron chi connectivity index (χ1n) is 10.3. The molecule has 1 aromatic heterocycles. The number of rotatable bonds is 6. The first-order chi connectivity index (χ1) is 15.8. The van der Waals surface area contributed by atoms with E-state index in [2.05, 4.69) is 0 Å². The van der Waals surface area contributed by atoms with E-state index < -0.39 is 29.3 Å². The lowest BCUT2D eigenvalue weighted by atomic mass is 9.94. The second-order valence-corrected chi connectivity index (χ2v) is 7.63. The van der Waals surface area contributed by atoms with Gasteiger partial charge in [0.25, 0.3) is 11.7 Å². The van der Waals surface area contributed by atoms with Crippen LogP contribution in [0.4, 0.5) is 4.39 Å². The van der Waals surface area contributed by atoms with Crippen LogP contribution in [0.15, 0.2) is 64.8 Å². The summed E-state index contributed by atoms with van der Waals surface area (Å²) in [4.78, 5) is 27.3. The number of ether oxygens (including phenoxy) is 1. The van der Waals surface area contributed by atoms with Gasteiger partial charge in [-0.2, -0.15) is 0 Å². The van der Waals surface area contributed by atoms with Crippen LogP contribution in [0.5, 0.6) is 11.5 Å². The van der Waals surface area contributed by atoms with Gasteiger partial charge >= 0.3 is 0 Å². The Morgan fingerprint density at radius 2 is 1.97 bits per heavy atom. The number of aryl methyl sites for hydroxylation is 1. The lowest BCUT2D eigenvalue weighted by Gasteiger charge is -2.25. The summed E-state index contributed by atoms with van der Waals surface area (Å²) in [6, 6.07) is 10.8. The number of aromatic hydroxyl groups is 1. The van der Waals surface area contributed by atoms with Crippen molar-refractivity contribution in [3.63, 3.8) is 0 Å². The molecular weight excluding hydrogens is 429 g/mol.